The van der Waals surface area contributed by atoms with Gasteiger partial charge in [-0.2, -0.15) is 9.89 Å². The van der Waals surface area contributed by atoms with Gasteiger partial charge in [-0.3, -0.25) is 10.2 Å². The highest BCUT2D eigenvalue weighted by Crippen LogP contribution is 2.17. The molecule has 2 aromatic heterocycles. The quantitative estimate of drug-likeness (QED) is 0.632. The third-order valence-corrected chi connectivity index (χ3v) is 4.02. The minimum absolute atomic E-state index is 0.0502. The number of aromatic nitrogens is 3. The van der Waals surface area contributed by atoms with E-state index in [9.17, 15) is 4.79 Å². The normalized spacial score (nSPS) is 11.2. The van der Waals surface area contributed by atoms with Crippen molar-refractivity contribution in [1.29, 1.82) is 0 Å². The average Bonchev–Trinajstić information content (AvgIpc) is 2.99. The Hall–Kier alpha value is -3.08. The molecule has 0 saturated carbocycles. The number of para-hydroxylation sites is 2. The molecular weight excluding hydrogens is 288 g/mol. The molecule has 0 bridgehead atoms. The Morgan fingerprint density at radius 1 is 1.00 bits per heavy atom. The van der Waals surface area contributed by atoms with Crippen LogP contribution < -0.4 is 11.0 Å². The number of fused-ring (bicyclic) bond motifs is 2. The van der Waals surface area contributed by atoms with Crippen molar-refractivity contribution >= 4 is 27.5 Å². The van der Waals surface area contributed by atoms with Gasteiger partial charge in [0, 0.05) is 17.3 Å². The van der Waals surface area contributed by atoms with Gasteiger partial charge in [0.15, 0.2) is 0 Å². The van der Waals surface area contributed by atoms with E-state index in [1.807, 2.05) is 61.5 Å². The Bertz CT molecular complexity index is 1060. The number of aryl methyl sites for hydroxylation is 1. The maximum Gasteiger partial charge on any atom is 0.276 e. The molecule has 4 rings (SSSR count). The monoisotopic (exact) mass is 304 g/mol. The van der Waals surface area contributed by atoms with Crippen molar-refractivity contribution in [2.75, 3.05) is 5.43 Å². The summed E-state index contributed by atoms with van der Waals surface area (Å²) in [7, 11) is 0. The number of hydrogen-bond acceptors (Lipinski definition) is 3. The zero-order valence-electron chi connectivity index (χ0n) is 12.7. The fourth-order valence-corrected chi connectivity index (χ4v) is 2.90. The van der Waals surface area contributed by atoms with Crippen LogP contribution in [-0.4, -0.2) is 14.5 Å². The molecule has 0 radical (unpaired) electrons. The van der Waals surface area contributed by atoms with Crippen molar-refractivity contribution in [1.82, 2.24) is 14.5 Å². The lowest BCUT2D eigenvalue weighted by Crippen LogP contribution is -2.25. The number of hydrogen-bond donors (Lipinski definition) is 1. The summed E-state index contributed by atoms with van der Waals surface area (Å²) < 4.78 is 1.77. The first kappa shape index (κ1) is 13.6. The van der Waals surface area contributed by atoms with Crippen molar-refractivity contribution in [3.63, 3.8) is 0 Å². The van der Waals surface area contributed by atoms with Gasteiger partial charge in [-0.1, -0.05) is 36.4 Å². The standard InChI is InChI=1S/C18H16N4O/c1-2-21-16-9-5-3-7-13(16)11-15(18(21)23)20-22-17-10-6-4-8-14(17)12-19-22/h3-12,20H,2H2,1H3. The van der Waals surface area contributed by atoms with E-state index in [1.165, 1.54) is 0 Å². The van der Waals surface area contributed by atoms with Crippen molar-refractivity contribution in [2.45, 2.75) is 13.5 Å². The molecule has 23 heavy (non-hydrogen) atoms. The Labute approximate surface area is 132 Å². The lowest BCUT2D eigenvalue weighted by molar-refractivity contribution is 0.752. The first-order chi connectivity index (χ1) is 11.3. The maximum atomic E-state index is 12.7. The third kappa shape index (κ3) is 2.17. The molecular formula is C18H16N4O. The highest BCUT2D eigenvalue weighted by atomic mass is 16.1. The Kier molecular flexibility index (Phi) is 3.12. The number of nitrogens with zero attached hydrogens (tertiary/aromatic N) is 3. The van der Waals surface area contributed by atoms with Crippen LogP contribution in [-0.2, 0) is 6.54 Å². The first-order valence-corrected chi connectivity index (χ1v) is 7.60. The molecule has 0 aliphatic heterocycles. The summed E-state index contributed by atoms with van der Waals surface area (Å²) in [6, 6.07) is 17.6. The summed E-state index contributed by atoms with van der Waals surface area (Å²) in [6.07, 6.45) is 1.78. The molecule has 0 unspecified atom stereocenters. The van der Waals surface area contributed by atoms with Gasteiger partial charge in [0.2, 0.25) is 0 Å². The van der Waals surface area contributed by atoms with E-state index in [1.54, 1.807) is 15.6 Å². The molecule has 4 aromatic rings. The predicted octanol–water partition coefficient (Wildman–Crippen LogP) is 3.25. The van der Waals surface area contributed by atoms with Gasteiger partial charge in [-0.05, 0) is 25.1 Å². The van der Waals surface area contributed by atoms with Gasteiger partial charge in [-0.25, -0.2) is 0 Å². The fourth-order valence-electron chi connectivity index (χ4n) is 2.90. The topological polar surface area (TPSA) is 51.9 Å². The van der Waals surface area contributed by atoms with Gasteiger partial charge in [0.25, 0.3) is 5.56 Å². The van der Waals surface area contributed by atoms with Crippen molar-refractivity contribution in [3.05, 3.63) is 71.1 Å². The van der Waals surface area contributed by atoms with Crippen molar-refractivity contribution < 1.29 is 0 Å². The number of nitrogens with one attached hydrogen (secondary N) is 1. The summed E-state index contributed by atoms with van der Waals surface area (Å²) in [5, 5.41) is 6.37. The molecule has 5 nitrogen and oxygen atoms in total. The lowest BCUT2D eigenvalue weighted by Gasteiger charge is -2.13. The van der Waals surface area contributed by atoms with Crippen LogP contribution >= 0.6 is 0 Å². The van der Waals surface area contributed by atoms with Crippen LogP contribution in [0.15, 0.2) is 65.6 Å². The van der Waals surface area contributed by atoms with Crippen LogP contribution in [0.3, 0.4) is 0 Å². The molecule has 0 atom stereocenters. The van der Waals surface area contributed by atoms with Crippen LogP contribution in [0.25, 0.3) is 21.8 Å². The largest absolute Gasteiger partial charge is 0.307 e. The minimum atomic E-state index is -0.0502. The Morgan fingerprint density at radius 2 is 1.70 bits per heavy atom. The van der Waals surface area contributed by atoms with Crippen LogP contribution in [0, 0.1) is 0 Å². The van der Waals surface area contributed by atoms with Gasteiger partial charge >= 0.3 is 0 Å². The predicted molar refractivity (Wildman–Crippen MR) is 92.6 cm³/mol. The van der Waals surface area contributed by atoms with E-state index in [2.05, 4.69) is 10.5 Å². The van der Waals surface area contributed by atoms with Crippen LogP contribution in [0.1, 0.15) is 6.92 Å². The molecule has 2 heterocycles. The lowest BCUT2D eigenvalue weighted by atomic mass is 10.2. The van der Waals surface area contributed by atoms with Gasteiger partial charge in [-0.15, -0.1) is 0 Å². The smallest absolute Gasteiger partial charge is 0.276 e. The van der Waals surface area contributed by atoms with Gasteiger partial charge < -0.3 is 4.57 Å². The second kappa shape index (κ2) is 5.28. The fraction of sp³-hybridized carbons (Fsp3) is 0.111. The molecule has 0 fully saturated rings. The van der Waals surface area contributed by atoms with Crippen molar-refractivity contribution in [2.24, 2.45) is 0 Å². The molecule has 0 aliphatic rings. The minimum Gasteiger partial charge on any atom is -0.307 e. The molecule has 1 N–H and O–H groups in total. The first-order valence-electron chi connectivity index (χ1n) is 7.60. The third-order valence-electron chi connectivity index (χ3n) is 4.02. The Morgan fingerprint density at radius 3 is 2.48 bits per heavy atom. The summed E-state index contributed by atoms with van der Waals surface area (Å²) >= 11 is 0. The van der Waals surface area contributed by atoms with E-state index in [0.29, 0.717) is 12.2 Å². The van der Waals surface area contributed by atoms with Crippen LogP contribution in [0.5, 0.6) is 0 Å². The van der Waals surface area contributed by atoms with E-state index in [-0.39, 0.29) is 5.56 Å². The second-order valence-corrected chi connectivity index (χ2v) is 5.39. The van der Waals surface area contributed by atoms with E-state index in [4.69, 9.17) is 0 Å². The highest BCUT2D eigenvalue weighted by Gasteiger charge is 2.09. The summed E-state index contributed by atoms with van der Waals surface area (Å²) in [5.74, 6) is 0. The number of benzene rings is 2. The SMILES string of the molecule is CCn1c(=O)c(Nn2ncc3ccccc32)cc2ccccc21. The summed E-state index contributed by atoms with van der Waals surface area (Å²) in [4.78, 5) is 14.4. The molecule has 0 saturated heterocycles. The molecule has 0 amide bonds. The van der Waals surface area contributed by atoms with Gasteiger partial charge in [0.05, 0.1) is 17.2 Å². The van der Waals surface area contributed by atoms with E-state index >= 15 is 0 Å². The van der Waals surface area contributed by atoms with E-state index in [0.717, 1.165) is 21.8 Å². The zero-order valence-corrected chi connectivity index (χ0v) is 12.7. The average molecular weight is 304 g/mol. The molecule has 114 valence electrons. The molecule has 5 heteroatoms. The zero-order chi connectivity index (χ0) is 15.8. The maximum absolute atomic E-state index is 12.7. The molecule has 0 aliphatic carbocycles. The van der Waals surface area contributed by atoms with Crippen LogP contribution in [0.2, 0.25) is 0 Å². The van der Waals surface area contributed by atoms with Crippen LogP contribution in [0.4, 0.5) is 5.69 Å². The number of rotatable bonds is 3. The second-order valence-electron chi connectivity index (χ2n) is 5.39. The van der Waals surface area contributed by atoms with Gasteiger partial charge in [0.1, 0.15) is 5.69 Å². The van der Waals surface area contributed by atoms with Crippen molar-refractivity contribution in [3.8, 4) is 0 Å². The molecule has 0 spiro atoms. The molecule has 2 aromatic carbocycles. The van der Waals surface area contributed by atoms with E-state index < -0.39 is 0 Å². The Balaban J connectivity index is 1.89. The summed E-state index contributed by atoms with van der Waals surface area (Å²) in [6.45, 7) is 2.59. The summed E-state index contributed by atoms with van der Waals surface area (Å²) in [5.41, 5.74) is 5.47. The highest BCUT2D eigenvalue weighted by molar-refractivity contribution is 5.83. The number of anilines is 1. The number of pyridine rings is 1.